The molecule has 0 bridgehead atoms. The minimum absolute atomic E-state index is 0.154. The molecule has 0 aliphatic rings. The van der Waals surface area contributed by atoms with Gasteiger partial charge in [0.25, 0.3) is 0 Å². The highest BCUT2D eigenvalue weighted by atomic mass is 35.5. The summed E-state index contributed by atoms with van der Waals surface area (Å²) >= 11 is 5.75. The molecule has 1 heterocycles. The van der Waals surface area contributed by atoms with E-state index >= 15 is 0 Å². The molecule has 1 aromatic carbocycles. The largest absolute Gasteiger partial charge is 0.493 e. The molecule has 0 aliphatic carbocycles. The van der Waals surface area contributed by atoms with Gasteiger partial charge in [-0.25, -0.2) is 4.98 Å². The van der Waals surface area contributed by atoms with E-state index in [0.29, 0.717) is 17.4 Å². The van der Waals surface area contributed by atoms with Crippen LogP contribution in [0, 0.1) is 13.8 Å². The standard InChI is InChI=1S/C13H13ClN2O2/c1-8-4-5-10(11(6-8)17-3)18-12-9(2)7-15-13(14)16-12/h4-7H,1-3H3. The van der Waals surface area contributed by atoms with Crippen molar-refractivity contribution in [2.75, 3.05) is 7.11 Å². The highest BCUT2D eigenvalue weighted by Crippen LogP contribution is 2.32. The normalized spacial score (nSPS) is 10.2. The molecular weight excluding hydrogens is 252 g/mol. The third-order valence-corrected chi connectivity index (χ3v) is 2.60. The number of ether oxygens (including phenoxy) is 2. The summed E-state index contributed by atoms with van der Waals surface area (Å²) in [6.07, 6.45) is 1.62. The smallest absolute Gasteiger partial charge is 0.226 e. The molecule has 0 saturated heterocycles. The number of aryl methyl sites for hydroxylation is 2. The van der Waals surface area contributed by atoms with Gasteiger partial charge in [0.15, 0.2) is 11.5 Å². The van der Waals surface area contributed by atoms with Crippen molar-refractivity contribution >= 4 is 11.6 Å². The molecule has 0 saturated carbocycles. The van der Waals surface area contributed by atoms with Gasteiger partial charge in [-0.15, -0.1) is 0 Å². The van der Waals surface area contributed by atoms with Crippen LogP contribution in [0.1, 0.15) is 11.1 Å². The SMILES string of the molecule is COc1cc(C)ccc1Oc1nc(Cl)ncc1C. The van der Waals surface area contributed by atoms with Crippen molar-refractivity contribution < 1.29 is 9.47 Å². The van der Waals surface area contributed by atoms with Gasteiger partial charge in [0.05, 0.1) is 7.11 Å². The minimum atomic E-state index is 0.154. The van der Waals surface area contributed by atoms with Crippen molar-refractivity contribution in [2.45, 2.75) is 13.8 Å². The van der Waals surface area contributed by atoms with Crippen LogP contribution in [-0.2, 0) is 0 Å². The van der Waals surface area contributed by atoms with Gasteiger partial charge >= 0.3 is 0 Å². The summed E-state index contributed by atoms with van der Waals surface area (Å²) in [6, 6.07) is 5.67. The van der Waals surface area contributed by atoms with Gasteiger partial charge in [0.2, 0.25) is 11.2 Å². The molecule has 0 unspecified atom stereocenters. The molecule has 2 aromatic rings. The maximum absolute atomic E-state index is 5.75. The Bertz CT molecular complexity index is 573. The second kappa shape index (κ2) is 5.23. The predicted molar refractivity (Wildman–Crippen MR) is 69.6 cm³/mol. The van der Waals surface area contributed by atoms with Crippen molar-refractivity contribution in [2.24, 2.45) is 0 Å². The first-order valence-electron chi connectivity index (χ1n) is 5.42. The average Bonchev–Trinajstić information content (AvgIpc) is 2.36. The van der Waals surface area contributed by atoms with Crippen LogP contribution in [0.4, 0.5) is 0 Å². The molecule has 1 aromatic heterocycles. The van der Waals surface area contributed by atoms with Crippen LogP contribution in [-0.4, -0.2) is 17.1 Å². The van der Waals surface area contributed by atoms with E-state index in [9.17, 15) is 0 Å². The zero-order valence-corrected chi connectivity index (χ0v) is 11.2. The van der Waals surface area contributed by atoms with Crippen LogP contribution < -0.4 is 9.47 Å². The van der Waals surface area contributed by atoms with E-state index in [1.54, 1.807) is 13.3 Å². The Morgan fingerprint density at radius 3 is 2.67 bits per heavy atom. The molecule has 18 heavy (non-hydrogen) atoms. The van der Waals surface area contributed by atoms with E-state index in [1.165, 1.54) is 0 Å². The average molecular weight is 265 g/mol. The number of hydrogen-bond acceptors (Lipinski definition) is 4. The third kappa shape index (κ3) is 2.71. The number of methoxy groups -OCH3 is 1. The Hall–Kier alpha value is -1.81. The monoisotopic (exact) mass is 264 g/mol. The first-order valence-corrected chi connectivity index (χ1v) is 5.79. The second-order valence-corrected chi connectivity index (χ2v) is 4.22. The fourth-order valence-electron chi connectivity index (χ4n) is 1.47. The maximum Gasteiger partial charge on any atom is 0.226 e. The zero-order valence-electron chi connectivity index (χ0n) is 10.4. The highest BCUT2D eigenvalue weighted by Gasteiger charge is 2.09. The van der Waals surface area contributed by atoms with Crippen molar-refractivity contribution in [1.82, 2.24) is 9.97 Å². The number of nitrogens with zero attached hydrogens (tertiary/aromatic N) is 2. The van der Waals surface area contributed by atoms with Crippen LogP contribution >= 0.6 is 11.6 Å². The number of halogens is 1. The number of hydrogen-bond donors (Lipinski definition) is 0. The van der Waals surface area contributed by atoms with Crippen molar-refractivity contribution in [3.8, 4) is 17.4 Å². The summed E-state index contributed by atoms with van der Waals surface area (Å²) in [5.41, 5.74) is 1.90. The number of benzene rings is 1. The lowest BCUT2D eigenvalue weighted by Crippen LogP contribution is -1.96. The molecule has 0 atom stereocenters. The van der Waals surface area contributed by atoms with E-state index in [1.807, 2.05) is 32.0 Å². The van der Waals surface area contributed by atoms with E-state index in [-0.39, 0.29) is 5.28 Å². The predicted octanol–water partition coefficient (Wildman–Crippen LogP) is 3.55. The van der Waals surface area contributed by atoms with Gasteiger partial charge in [-0.2, -0.15) is 4.98 Å². The first-order chi connectivity index (χ1) is 8.60. The van der Waals surface area contributed by atoms with E-state index in [4.69, 9.17) is 21.1 Å². The van der Waals surface area contributed by atoms with Crippen LogP contribution in [0.15, 0.2) is 24.4 Å². The molecule has 0 amide bonds. The second-order valence-electron chi connectivity index (χ2n) is 3.88. The topological polar surface area (TPSA) is 44.2 Å². The molecule has 0 aliphatic heterocycles. The van der Waals surface area contributed by atoms with Crippen molar-refractivity contribution in [3.05, 3.63) is 40.8 Å². The summed E-state index contributed by atoms with van der Waals surface area (Å²) in [6.45, 7) is 3.84. The van der Waals surface area contributed by atoms with Crippen LogP contribution in [0.5, 0.6) is 17.4 Å². The highest BCUT2D eigenvalue weighted by molar-refractivity contribution is 6.28. The molecule has 0 radical (unpaired) electrons. The van der Waals surface area contributed by atoms with Gasteiger partial charge in [-0.1, -0.05) is 6.07 Å². The molecule has 0 spiro atoms. The lowest BCUT2D eigenvalue weighted by molar-refractivity contribution is 0.372. The zero-order chi connectivity index (χ0) is 13.1. The summed E-state index contributed by atoms with van der Waals surface area (Å²) < 4.78 is 11.0. The quantitative estimate of drug-likeness (QED) is 0.796. The summed E-state index contributed by atoms with van der Waals surface area (Å²) in [4.78, 5) is 7.92. The van der Waals surface area contributed by atoms with E-state index in [2.05, 4.69) is 9.97 Å². The Kier molecular flexibility index (Phi) is 3.67. The molecular formula is C13H13ClN2O2. The van der Waals surface area contributed by atoms with Gasteiger partial charge in [-0.3, -0.25) is 0 Å². The third-order valence-electron chi connectivity index (χ3n) is 2.42. The van der Waals surface area contributed by atoms with E-state index in [0.717, 1.165) is 11.1 Å². The molecule has 4 nitrogen and oxygen atoms in total. The van der Waals surface area contributed by atoms with Gasteiger partial charge in [0.1, 0.15) is 0 Å². The van der Waals surface area contributed by atoms with Crippen molar-refractivity contribution in [1.29, 1.82) is 0 Å². The first kappa shape index (κ1) is 12.6. The summed E-state index contributed by atoms with van der Waals surface area (Å²) in [5.74, 6) is 1.68. The number of rotatable bonds is 3. The fraction of sp³-hybridized carbons (Fsp3) is 0.231. The molecule has 5 heteroatoms. The molecule has 2 rings (SSSR count). The lowest BCUT2D eigenvalue weighted by Gasteiger charge is -2.11. The summed E-state index contributed by atoms with van der Waals surface area (Å²) in [5, 5.41) is 0.154. The lowest BCUT2D eigenvalue weighted by atomic mass is 10.2. The van der Waals surface area contributed by atoms with Gasteiger partial charge < -0.3 is 9.47 Å². The van der Waals surface area contributed by atoms with Crippen LogP contribution in [0.2, 0.25) is 5.28 Å². The van der Waals surface area contributed by atoms with Crippen LogP contribution in [0.25, 0.3) is 0 Å². The van der Waals surface area contributed by atoms with Crippen molar-refractivity contribution in [3.63, 3.8) is 0 Å². The Balaban J connectivity index is 2.36. The van der Waals surface area contributed by atoms with Gasteiger partial charge in [0, 0.05) is 11.8 Å². The Morgan fingerprint density at radius 2 is 1.94 bits per heavy atom. The molecule has 0 N–H and O–H groups in total. The Labute approximate surface area is 111 Å². The van der Waals surface area contributed by atoms with Gasteiger partial charge in [-0.05, 0) is 43.1 Å². The minimum Gasteiger partial charge on any atom is -0.493 e. The summed E-state index contributed by atoms with van der Waals surface area (Å²) in [7, 11) is 1.60. The molecule has 94 valence electrons. The number of aromatic nitrogens is 2. The van der Waals surface area contributed by atoms with E-state index < -0.39 is 0 Å². The maximum atomic E-state index is 5.75. The fourth-order valence-corrected chi connectivity index (χ4v) is 1.60. The van der Waals surface area contributed by atoms with Crippen LogP contribution in [0.3, 0.4) is 0 Å². The molecule has 0 fully saturated rings. The Morgan fingerprint density at radius 1 is 1.17 bits per heavy atom.